The number of nitrogens with zero attached hydrogens (tertiary/aromatic N) is 3. The molecule has 2 aromatic rings. The van der Waals surface area contributed by atoms with Gasteiger partial charge in [0, 0.05) is 45.6 Å². The maximum atomic E-state index is 12.4. The second-order valence-corrected chi connectivity index (χ2v) is 7.28. The van der Waals surface area contributed by atoms with Crippen LogP contribution in [0.25, 0.3) is 11.0 Å². The number of aromatic nitrogens is 2. The Morgan fingerprint density at radius 1 is 1.12 bits per heavy atom. The molecule has 1 amide bonds. The molecule has 2 aliphatic heterocycles. The summed E-state index contributed by atoms with van der Waals surface area (Å²) in [5, 5.41) is 0. The fraction of sp³-hybridized carbons (Fsp3) is 0.556. The molecule has 1 unspecified atom stereocenters. The van der Waals surface area contributed by atoms with Gasteiger partial charge >= 0.3 is 5.69 Å². The number of amides is 1. The molecular formula is C18H23N3O3. The largest absolute Gasteiger partial charge is 0.381 e. The van der Waals surface area contributed by atoms with Crippen LogP contribution in [0.4, 0.5) is 0 Å². The zero-order valence-electron chi connectivity index (χ0n) is 14.2. The Labute approximate surface area is 140 Å². The SMILES string of the molecule is Cn1c(=O)n(C)c2cc(CN3CC4(CCOC4)CCC3=O)ccc21. The van der Waals surface area contributed by atoms with Crippen molar-refractivity contribution in [2.75, 3.05) is 19.8 Å². The van der Waals surface area contributed by atoms with E-state index in [1.807, 2.05) is 23.1 Å². The van der Waals surface area contributed by atoms with Gasteiger partial charge in [0.1, 0.15) is 0 Å². The summed E-state index contributed by atoms with van der Waals surface area (Å²) in [4.78, 5) is 26.4. The van der Waals surface area contributed by atoms with Crippen LogP contribution in [-0.2, 0) is 30.2 Å². The molecule has 0 aliphatic carbocycles. The number of ether oxygens (including phenoxy) is 1. The first kappa shape index (κ1) is 15.4. The Morgan fingerprint density at radius 3 is 2.67 bits per heavy atom. The van der Waals surface area contributed by atoms with E-state index < -0.39 is 0 Å². The molecule has 1 aromatic heterocycles. The lowest BCUT2D eigenvalue weighted by Gasteiger charge is -2.39. The molecule has 6 nitrogen and oxygen atoms in total. The smallest absolute Gasteiger partial charge is 0.328 e. The van der Waals surface area contributed by atoms with Crippen molar-refractivity contribution in [3.8, 4) is 0 Å². The minimum absolute atomic E-state index is 0.0294. The van der Waals surface area contributed by atoms with Crippen molar-refractivity contribution in [3.05, 3.63) is 34.2 Å². The van der Waals surface area contributed by atoms with Crippen molar-refractivity contribution in [1.82, 2.24) is 14.0 Å². The van der Waals surface area contributed by atoms with E-state index in [1.54, 1.807) is 23.2 Å². The van der Waals surface area contributed by atoms with Crippen LogP contribution in [0.5, 0.6) is 0 Å². The summed E-state index contributed by atoms with van der Waals surface area (Å²) in [6.45, 7) is 2.94. The molecule has 1 atom stereocenters. The lowest BCUT2D eigenvalue weighted by atomic mass is 9.79. The van der Waals surface area contributed by atoms with Crippen LogP contribution in [0.1, 0.15) is 24.8 Å². The molecule has 6 heteroatoms. The number of rotatable bonds is 2. The van der Waals surface area contributed by atoms with Gasteiger partial charge in [0.15, 0.2) is 0 Å². The lowest BCUT2D eigenvalue weighted by molar-refractivity contribution is -0.138. The van der Waals surface area contributed by atoms with Gasteiger partial charge in [-0.25, -0.2) is 4.79 Å². The first-order chi connectivity index (χ1) is 11.5. The Bertz CT molecular complexity index is 858. The molecule has 0 bridgehead atoms. The quantitative estimate of drug-likeness (QED) is 0.837. The van der Waals surface area contributed by atoms with Crippen molar-refractivity contribution in [3.63, 3.8) is 0 Å². The topological polar surface area (TPSA) is 56.5 Å². The number of aryl methyl sites for hydroxylation is 2. The van der Waals surface area contributed by atoms with Gasteiger partial charge in [-0.1, -0.05) is 6.07 Å². The number of benzene rings is 1. The third-order valence-corrected chi connectivity index (χ3v) is 5.64. The molecular weight excluding hydrogens is 306 g/mol. The first-order valence-corrected chi connectivity index (χ1v) is 8.49. The highest BCUT2D eigenvalue weighted by Gasteiger charge is 2.41. The van der Waals surface area contributed by atoms with Gasteiger partial charge in [0.05, 0.1) is 17.6 Å². The zero-order valence-corrected chi connectivity index (χ0v) is 14.2. The summed E-state index contributed by atoms with van der Waals surface area (Å²) >= 11 is 0. The van der Waals surface area contributed by atoms with Crippen LogP contribution in [0.3, 0.4) is 0 Å². The predicted octanol–water partition coefficient (Wildman–Crippen LogP) is 1.41. The van der Waals surface area contributed by atoms with Gasteiger partial charge < -0.3 is 9.64 Å². The molecule has 3 heterocycles. The van der Waals surface area contributed by atoms with E-state index in [2.05, 4.69) is 0 Å². The molecule has 0 saturated carbocycles. The van der Waals surface area contributed by atoms with Crippen LogP contribution in [0.2, 0.25) is 0 Å². The molecule has 2 fully saturated rings. The Hall–Kier alpha value is -2.08. The number of hydrogen-bond donors (Lipinski definition) is 0. The van der Waals surface area contributed by atoms with Gasteiger partial charge in [-0.05, 0) is 30.5 Å². The third kappa shape index (κ3) is 2.36. The summed E-state index contributed by atoms with van der Waals surface area (Å²) in [5.41, 5.74) is 3.00. The average molecular weight is 329 g/mol. The normalized spacial score (nSPS) is 24.4. The molecule has 2 aliphatic rings. The summed E-state index contributed by atoms with van der Waals surface area (Å²) in [5.74, 6) is 0.217. The van der Waals surface area contributed by atoms with Crippen molar-refractivity contribution < 1.29 is 9.53 Å². The molecule has 1 aromatic carbocycles. The number of piperidine rings is 1. The fourth-order valence-electron chi connectivity index (χ4n) is 4.09. The molecule has 1 spiro atoms. The molecule has 0 radical (unpaired) electrons. The molecule has 2 saturated heterocycles. The van der Waals surface area contributed by atoms with E-state index in [0.29, 0.717) is 13.0 Å². The van der Waals surface area contributed by atoms with Crippen molar-refractivity contribution >= 4 is 16.9 Å². The maximum absolute atomic E-state index is 12.4. The van der Waals surface area contributed by atoms with Gasteiger partial charge in [-0.2, -0.15) is 0 Å². The number of imidazole rings is 1. The van der Waals surface area contributed by atoms with Crippen LogP contribution in [0.15, 0.2) is 23.0 Å². The number of carbonyl (C=O) groups is 1. The van der Waals surface area contributed by atoms with Crippen molar-refractivity contribution in [2.45, 2.75) is 25.8 Å². The molecule has 4 rings (SSSR count). The highest BCUT2D eigenvalue weighted by atomic mass is 16.5. The summed E-state index contributed by atoms with van der Waals surface area (Å²) < 4.78 is 8.89. The van der Waals surface area contributed by atoms with E-state index in [4.69, 9.17) is 4.74 Å². The Balaban J connectivity index is 1.62. The fourth-order valence-corrected chi connectivity index (χ4v) is 4.09. The Morgan fingerprint density at radius 2 is 1.92 bits per heavy atom. The molecule has 24 heavy (non-hydrogen) atoms. The lowest BCUT2D eigenvalue weighted by Crippen LogP contribution is -2.46. The van der Waals surface area contributed by atoms with E-state index in [0.717, 1.165) is 49.2 Å². The average Bonchev–Trinajstić information content (AvgIpc) is 3.11. The van der Waals surface area contributed by atoms with Gasteiger partial charge in [-0.3, -0.25) is 13.9 Å². The summed E-state index contributed by atoms with van der Waals surface area (Å²) in [6, 6.07) is 6.01. The maximum Gasteiger partial charge on any atom is 0.328 e. The van der Waals surface area contributed by atoms with Crippen LogP contribution < -0.4 is 5.69 Å². The van der Waals surface area contributed by atoms with E-state index >= 15 is 0 Å². The van der Waals surface area contributed by atoms with Crippen molar-refractivity contribution in [2.24, 2.45) is 19.5 Å². The molecule has 128 valence electrons. The number of hydrogen-bond acceptors (Lipinski definition) is 3. The number of likely N-dealkylation sites (tertiary alicyclic amines) is 1. The van der Waals surface area contributed by atoms with Crippen molar-refractivity contribution in [1.29, 1.82) is 0 Å². The highest BCUT2D eigenvalue weighted by molar-refractivity contribution is 5.79. The summed E-state index contributed by atoms with van der Waals surface area (Å²) in [7, 11) is 3.56. The minimum Gasteiger partial charge on any atom is -0.381 e. The highest BCUT2D eigenvalue weighted by Crippen LogP contribution is 2.38. The van der Waals surface area contributed by atoms with Crippen LogP contribution >= 0.6 is 0 Å². The second kappa shape index (κ2) is 5.48. The predicted molar refractivity (Wildman–Crippen MR) is 90.7 cm³/mol. The Kier molecular flexibility index (Phi) is 3.53. The number of fused-ring (bicyclic) bond motifs is 1. The monoisotopic (exact) mass is 329 g/mol. The zero-order chi connectivity index (χ0) is 16.9. The molecule has 0 N–H and O–H groups in total. The van der Waals surface area contributed by atoms with Crippen LogP contribution in [0, 0.1) is 5.41 Å². The van der Waals surface area contributed by atoms with Crippen LogP contribution in [-0.4, -0.2) is 39.7 Å². The summed E-state index contributed by atoms with van der Waals surface area (Å²) in [6.07, 6.45) is 2.59. The van der Waals surface area contributed by atoms with Gasteiger partial charge in [-0.15, -0.1) is 0 Å². The minimum atomic E-state index is -0.0294. The van der Waals surface area contributed by atoms with E-state index in [-0.39, 0.29) is 17.0 Å². The second-order valence-electron chi connectivity index (χ2n) is 7.28. The van der Waals surface area contributed by atoms with E-state index in [1.165, 1.54) is 0 Å². The van der Waals surface area contributed by atoms with E-state index in [9.17, 15) is 9.59 Å². The van der Waals surface area contributed by atoms with Gasteiger partial charge in [0.25, 0.3) is 0 Å². The first-order valence-electron chi connectivity index (χ1n) is 8.49. The van der Waals surface area contributed by atoms with Gasteiger partial charge in [0.2, 0.25) is 5.91 Å². The number of carbonyl (C=O) groups excluding carboxylic acids is 1. The third-order valence-electron chi connectivity index (χ3n) is 5.64. The standard InChI is InChI=1S/C18H23N3O3/c1-19-14-4-3-13(9-15(14)20(2)17(19)23)10-21-11-18(6-5-16(21)22)7-8-24-12-18/h3-4,9H,5-8,10-12H2,1-2H3.